The first-order chi connectivity index (χ1) is 15.9. The van der Waals surface area contributed by atoms with Gasteiger partial charge in [-0.1, -0.05) is 89.5 Å². The number of rotatable bonds is 9. The second kappa shape index (κ2) is 11.5. The van der Waals surface area contributed by atoms with Gasteiger partial charge in [0.1, 0.15) is 6.04 Å². The molecular formula is C29H34N2O2. The Labute approximate surface area is 197 Å². The minimum atomic E-state index is -0.591. The molecule has 1 atom stereocenters. The Hall–Kier alpha value is -3.40. The molecule has 3 aromatic rings. The summed E-state index contributed by atoms with van der Waals surface area (Å²) in [5.41, 5.74) is 6.44. The fourth-order valence-corrected chi connectivity index (χ4v) is 4.18. The Morgan fingerprint density at radius 2 is 1.42 bits per heavy atom. The van der Waals surface area contributed by atoms with Crippen LogP contribution in [0.3, 0.4) is 0 Å². The summed E-state index contributed by atoms with van der Waals surface area (Å²) in [5, 5.41) is 2.95. The summed E-state index contributed by atoms with van der Waals surface area (Å²) in [7, 11) is 0. The molecule has 0 saturated carbocycles. The number of likely N-dealkylation sites (N-methyl/N-ethyl adjacent to an activating group) is 1. The molecule has 0 aliphatic heterocycles. The fourth-order valence-electron chi connectivity index (χ4n) is 4.18. The van der Waals surface area contributed by atoms with E-state index in [4.69, 9.17) is 0 Å². The van der Waals surface area contributed by atoms with Gasteiger partial charge in [0.2, 0.25) is 11.8 Å². The van der Waals surface area contributed by atoms with Gasteiger partial charge in [-0.2, -0.15) is 0 Å². The molecule has 33 heavy (non-hydrogen) atoms. The molecule has 0 fully saturated rings. The van der Waals surface area contributed by atoms with Crippen molar-refractivity contribution in [1.82, 2.24) is 10.2 Å². The number of carbonyl (C=O) groups excluding carboxylic acids is 2. The van der Waals surface area contributed by atoms with Crippen molar-refractivity contribution < 1.29 is 9.59 Å². The maximum absolute atomic E-state index is 13.7. The minimum absolute atomic E-state index is 0.0484. The Morgan fingerprint density at radius 3 is 2.03 bits per heavy atom. The molecule has 0 aliphatic carbocycles. The van der Waals surface area contributed by atoms with E-state index in [9.17, 15) is 9.59 Å². The van der Waals surface area contributed by atoms with E-state index in [2.05, 4.69) is 11.4 Å². The van der Waals surface area contributed by atoms with Crippen molar-refractivity contribution in [2.45, 2.75) is 53.1 Å². The highest BCUT2D eigenvalue weighted by molar-refractivity contribution is 5.88. The van der Waals surface area contributed by atoms with Gasteiger partial charge in [-0.05, 0) is 44.4 Å². The van der Waals surface area contributed by atoms with Crippen LogP contribution in [0.4, 0.5) is 0 Å². The van der Waals surface area contributed by atoms with Crippen molar-refractivity contribution >= 4 is 11.8 Å². The van der Waals surface area contributed by atoms with Crippen LogP contribution in [-0.4, -0.2) is 29.3 Å². The number of hydrogen-bond acceptors (Lipinski definition) is 2. The minimum Gasteiger partial charge on any atom is -0.355 e. The van der Waals surface area contributed by atoms with Crippen LogP contribution in [0.5, 0.6) is 0 Å². The monoisotopic (exact) mass is 442 g/mol. The first-order valence-electron chi connectivity index (χ1n) is 11.6. The number of nitrogens with zero attached hydrogens (tertiary/aromatic N) is 1. The van der Waals surface area contributed by atoms with Gasteiger partial charge in [0, 0.05) is 19.5 Å². The number of amides is 2. The van der Waals surface area contributed by atoms with Crippen LogP contribution < -0.4 is 5.32 Å². The lowest BCUT2D eigenvalue weighted by Gasteiger charge is -2.31. The predicted octanol–water partition coefficient (Wildman–Crippen LogP) is 4.93. The molecule has 4 nitrogen and oxygen atoms in total. The number of hydrogen-bond donors (Lipinski definition) is 1. The maximum Gasteiger partial charge on any atom is 0.243 e. The summed E-state index contributed by atoms with van der Waals surface area (Å²) in [5.74, 6) is -0.171. The van der Waals surface area contributed by atoms with Gasteiger partial charge in [0.05, 0.1) is 6.42 Å². The maximum atomic E-state index is 13.7. The molecule has 0 saturated heterocycles. The smallest absolute Gasteiger partial charge is 0.243 e. The standard InChI is InChI=1S/C29H34N2O2/c1-5-30-29(33)27(18-24-9-7-6-8-10-24)31(20-25-13-11-21(2)12-14-25)28(32)19-26-16-22(3)15-23(4)17-26/h6-17,27H,5,18-20H2,1-4H3,(H,30,33)/t27-/m1/s1. The normalized spacial score (nSPS) is 11.6. The molecule has 3 rings (SSSR count). The average molecular weight is 443 g/mol. The molecular weight excluding hydrogens is 408 g/mol. The van der Waals surface area contributed by atoms with Crippen LogP contribution in [0.2, 0.25) is 0 Å². The quantitative estimate of drug-likeness (QED) is 0.511. The summed E-state index contributed by atoms with van der Waals surface area (Å²) < 4.78 is 0. The van der Waals surface area contributed by atoms with E-state index in [-0.39, 0.29) is 18.2 Å². The SMILES string of the molecule is CCNC(=O)[C@@H](Cc1ccccc1)N(Cc1ccc(C)cc1)C(=O)Cc1cc(C)cc(C)c1. The number of benzene rings is 3. The number of aryl methyl sites for hydroxylation is 3. The van der Waals surface area contributed by atoms with Gasteiger partial charge in [0.25, 0.3) is 0 Å². The second-order valence-corrected chi connectivity index (χ2v) is 8.78. The van der Waals surface area contributed by atoms with E-state index < -0.39 is 6.04 Å². The molecule has 0 bridgehead atoms. The van der Waals surface area contributed by atoms with E-state index in [1.54, 1.807) is 4.90 Å². The van der Waals surface area contributed by atoms with E-state index >= 15 is 0 Å². The highest BCUT2D eigenvalue weighted by atomic mass is 16.2. The zero-order chi connectivity index (χ0) is 23.8. The lowest BCUT2D eigenvalue weighted by molar-refractivity contribution is -0.140. The lowest BCUT2D eigenvalue weighted by Crippen LogP contribution is -2.50. The van der Waals surface area contributed by atoms with E-state index in [1.807, 2.05) is 94.4 Å². The highest BCUT2D eigenvalue weighted by Crippen LogP contribution is 2.18. The zero-order valence-electron chi connectivity index (χ0n) is 20.1. The van der Waals surface area contributed by atoms with Gasteiger partial charge in [-0.3, -0.25) is 9.59 Å². The summed E-state index contributed by atoms with van der Waals surface area (Å²) >= 11 is 0. The van der Waals surface area contributed by atoms with Crippen LogP contribution in [-0.2, 0) is 29.0 Å². The molecule has 0 radical (unpaired) electrons. The number of carbonyl (C=O) groups is 2. The summed E-state index contributed by atoms with van der Waals surface area (Å²) in [6.07, 6.45) is 0.732. The molecule has 0 unspecified atom stereocenters. The molecule has 2 amide bonds. The largest absolute Gasteiger partial charge is 0.355 e. The van der Waals surface area contributed by atoms with Crippen LogP contribution in [0.25, 0.3) is 0 Å². The van der Waals surface area contributed by atoms with Crippen molar-refractivity contribution in [3.8, 4) is 0 Å². The molecule has 0 heterocycles. The Kier molecular flexibility index (Phi) is 8.42. The van der Waals surface area contributed by atoms with Crippen molar-refractivity contribution in [1.29, 1.82) is 0 Å². The predicted molar refractivity (Wildman–Crippen MR) is 134 cm³/mol. The van der Waals surface area contributed by atoms with Gasteiger partial charge >= 0.3 is 0 Å². The van der Waals surface area contributed by atoms with Gasteiger partial charge < -0.3 is 10.2 Å². The lowest BCUT2D eigenvalue weighted by atomic mass is 10.00. The molecule has 4 heteroatoms. The number of nitrogens with one attached hydrogen (secondary N) is 1. The van der Waals surface area contributed by atoms with E-state index in [1.165, 1.54) is 0 Å². The van der Waals surface area contributed by atoms with Gasteiger partial charge in [-0.15, -0.1) is 0 Å². The first kappa shape index (κ1) is 24.2. The Bertz CT molecular complexity index is 1050. The Balaban J connectivity index is 1.96. The second-order valence-electron chi connectivity index (χ2n) is 8.78. The molecule has 0 aliphatic rings. The van der Waals surface area contributed by atoms with Crippen LogP contribution >= 0.6 is 0 Å². The molecule has 0 spiro atoms. The zero-order valence-corrected chi connectivity index (χ0v) is 20.1. The van der Waals surface area contributed by atoms with Gasteiger partial charge in [0.15, 0.2) is 0 Å². The average Bonchev–Trinajstić information content (AvgIpc) is 2.77. The third-order valence-electron chi connectivity index (χ3n) is 5.73. The summed E-state index contributed by atoms with van der Waals surface area (Å²) in [6, 6.07) is 23.7. The fraction of sp³-hybridized carbons (Fsp3) is 0.310. The van der Waals surface area contributed by atoms with Crippen molar-refractivity contribution in [3.05, 3.63) is 106 Å². The summed E-state index contributed by atoms with van der Waals surface area (Å²) in [4.78, 5) is 28.6. The molecule has 0 aromatic heterocycles. The topological polar surface area (TPSA) is 49.4 Å². The van der Waals surface area contributed by atoms with E-state index in [0.29, 0.717) is 19.5 Å². The molecule has 3 aromatic carbocycles. The van der Waals surface area contributed by atoms with Crippen LogP contribution in [0.15, 0.2) is 72.8 Å². The van der Waals surface area contributed by atoms with Crippen molar-refractivity contribution in [3.63, 3.8) is 0 Å². The highest BCUT2D eigenvalue weighted by Gasteiger charge is 2.30. The Morgan fingerprint density at radius 1 is 0.788 bits per heavy atom. The van der Waals surface area contributed by atoms with Crippen molar-refractivity contribution in [2.24, 2.45) is 0 Å². The molecule has 1 N–H and O–H groups in total. The third kappa shape index (κ3) is 7.04. The van der Waals surface area contributed by atoms with Crippen molar-refractivity contribution in [2.75, 3.05) is 6.54 Å². The summed E-state index contributed by atoms with van der Waals surface area (Å²) in [6.45, 7) is 8.93. The third-order valence-corrected chi connectivity index (χ3v) is 5.73. The van der Waals surface area contributed by atoms with Gasteiger partial charge in [-0.25, -0.2) is 0 Å². The van der Waals surface area contributed by atoms with Crippen LogP contribution in [0.1, 0.15) is 40.3 Å². The van der Waals surface area contributed by atoms with Crippen LogP contribution in [0, 0.1) is 20.8 Å². The first-order valence-corrected chi connectivity index (χ1v) is 11.6. The van der Waals surface area contributed by atoms with E-state index in [0.717, 1.165) is 33.4 Å². The molecule has 172 valence electrons.